The second-order valence-corrected chi connectivity index (χ2v) is 3.21. The molecule has 0 aliphatic heterocycles. The minimum absolute atomic E-state index is 0.364. The molecule has 0 bridgehead atoms. The van der Waals surface area contributed by atoms with Gasteiger partial charge in [0.15, 0.2) is 0 Å². The Balaban J connectivity index is 2.73. The molecule has 1 atom stereocenters. The van der Waals surface area contributed by atoms with Crippen LogP contribution in [-0.2, 0) is 11.3 Å². The van der Waals surface area contributed by atoms with Crippen molar-refractivity contribution in [1.82, 2.24) is 9.88 Å². The van der Waals surface area contributed by atoms with Crippen molar-refractivity contribution in [3.63, 3.8) is 0 Å². The Kier molecular flexibility index (Phi) is 3.49. The van der Waals surface area contributed by atoms with Gasteiger partial charge in [0.1, 0.15) is 11.7 Å². The largest absolute Gasteiger partial charge is 0.480 e. The first-order valence-corrected chi connectivity index (χ1v) is 4.75. The van der Waals surface area contributed by atoms with Crippen molar-refractivity contribution in [3.8, 4) is 0 Å². The lowest BCUT2D eigenvalue weighted by atomic mass is 10.3. The average Bonchev–Trinajstić information content (AvgIpc) is 2.64. The Labute approximate surface area is 87.7 Å². The lowest BCUT2D eigenvalue weighted by Crippen LogP contribution is -2.39. The number of hydrogen-bond acceptors (Lipinski definition) is 2. The van der Waals surface area contributed by atoms with Crippen LogP contribution >= 0.6 is 0 Å². The molecule has 1 rings (SSSR count). The van der Waals surface area contributed by atoms with Gasteiger partial charge >= 0.3 is 5.97 Å². The molecule has 1 amide bonds. The van der Waals surface area contributed by atoms with Crippen LogP contribution in [0.15, 0.2) is 18.3 Å². The summed E-state index contributed by atoms with van der Waals surface area (Å²) in [7, 11) is 0. The van der Waals surface area contributed by atoms with Gasteiger partial charge in [-0.15, -0.1) is 0 Å². The molecule has 0 saturated carbocycles. The van der Waals surface area contributed by atoms with E-state index in [-0.39, 0.29) is 5.91 Å². The topological polar surface area (TPSA) is 71.3 Å². The number of nitrogens with zero attached hydrogens (tertiary/aromatic N) is 1. The highest BCUT2D eigenvalue weighted by Crippen LogP contribution is 2.02. The van der Waals surface area contributed by atoms with E-state index in [9.17, 15) is 9.59 Å². The van der Waals surface area contributed by atoms with E-state index in [0.29, 0.717) is 12.2 Å². The van der Waals surface area contributed by atoms with Crippen molar-refractivity contribution in [2.75, 3.05) is 0 Å². The van der Waals surface area contributed by atoms with E-state index in [2.05, 4.69) is 5.32 Å². The molecule has 0 aliphatic carbocycles. The number of rotatable bonds is 4. The Morgan fingerprint density at radius 1 is 1.60 bits per heavy atom. The Morgan fingerprint density at radius 2 is 2.27 bits per heavy atom. The van der Waals surface area contributed by atoms with Gasteiger partial charge in [-0.3, -0.25) is 9.59 Å². The predicted octanol–water partition coefficient (Wildman–Crippen LogP) is 0.711. The lowest BCUT2D eigenvalue weighted by molar-refractivity contribution is -0.138. The lowest BCUT2D eigenvalue weighted by Gasteiger charge is -2.10. The molecule has 1 heterocycles. The number of amides is 1. The van der Waals surface area contributed by atoms with Gasteiger partial charge in [0.05, 0.1) is 0 Å². The molecule has 5 heteroatoms. The number of carbonyl (C=O) groups is 2. The summed E-state index contributed by atoms with van der Waals surface area (Å²) in [6.45, 7) is 4.02. The van der Waals surface area contributed by atoms with E-state index in [4.69, 9.17) is 5.11 Å². The average molecular weight is 210 g/mol. The maximum absolute atomic E-state index is 11.6. The van der Waals surface area contributed by atoms with E-state index in [1.807, 2.05) is 6.92 Å². The van der Waals surface area contributed by atoms with Crippen LogP contribution in [0.2, 0.25) is 0 Å². The SMILES string of the molecule is CCn1cccc1C(=O)N[C@H](C)C(=O)O. The molecule has 0 saturated heterocycles. The molecule has 0 aliphatic rings. The number of hydrogen-bond donors (Lipinski definition) is 2. The maximum Gasteiger partial charge on any atom is 0.325 e. The smallest absolute Gasteiger partial charge is 0.325 e. The fourth-order valence-corrected chi connectivity index (χ4v) is 1.23. The second kappa shape index (κ2) is 4.63. The number of carbonyl (C=O) groups excluding carboxylic acids is 1. The quantitative estimate of drug-likeness (QED) is 0.768. The molecular weight excluding hydrogens is 196 g/mol. The molecule has 0 radical (unpaired) electrons. The van der Waals surface area contributed by atoms with Gasteiger partial charge in [-0.1, -0.05) is 0 Å². The van der Waals surface area contributed by atoms with E-state index in [1.54, 1.807) is 22.9 Å². The third-order valence-corrected chi connectivity index (χ3v) is 2.12. The fourth-order valence-electron chi connectivity index (χ4n) is 1.23. The number of nitrogens with one attached hydrogen (secondary N) is 1. The number of aromatic nitrogens is 1. The van der Waals surface area contributed by atoms with Crippen molar-refractivity contribution in [2.45, 2.75) is 26.4 Å². The van der Waals surface area contributed by atoms with E-state index in [0.717, 1.165) is 0 Å². The number of aliphatic carboxylic acids is 1. The van der Waals surface area contributed by atoms with Crippen LogP contribution in [0.25, 0.3) is 0 Å². The zero-order valence-corrected chi connectivity index (χ0v) is 8.73. The van der Waals surface area contributed by atoms with E-state index in [1.165, 1.54) is 6.92 Å². The van der Waals surface area contributed by atoms with Crippen LogP contribution < -0.4 is 5.32 Å². The third-order valence-electron chi connectivity index (χ3n) is 2.12. The normalized spacial score (nSPS) is 12.1. The zero-order chi connectivity index (χ0) is 11.4. The standard InChI is InChI=1S/C10H14N2O3/c1-3-12-6-4-5-8(12)9(13)11-7(2)10(14)15/h4-7H,3H2,1-2H3,(H,11,13)(H,14,15)/t7-/m1/s1. The molecule has 0 unspecified atom stereocenters. The van der Waals surface area contributed by atoms with Gasteiger partial charge in [-0.25, -0.2) is 0 Å². The van der Waals surface area contributed by atoms with E-state index >= 15 is 0 Å². The number of carboxylic acid groups (broad SMARTS) is 1. The molecule has 82 valence electrons. The molecular formula is C10H14N2O3. The summed E-state index contributed by atoms with van der Waals surface area (Å²) in [5.41, 5.74) is 0.477. The van der Waals surface area contributed by atoms with Gasteiger partial charge in [0, 0.05) is 12.7 Å². The van der Waals surface area contributed by atoms with Gasteiger partial charge in [-0.2, -0.15) is 0 Å². The molecule has 1 aromatic rings. The summed E-state index contributed by atoms with van der Waals surface area (Å²) in [5.74, 6) is -1.41. The van der Waals surface area contributed by atoms with Crippen molar-refractivity contribution < 1.29 is 14.7 Å². The number of carboxylic acids is 1. The van der Waals surface area contributed by atoms with Crippen molar-refractivity contribution in [3.05, 3.63) is 24.0 Å². The Bertz CT molecular complexity index is 370. The highest BCUT2D eigenvalue weighted by molar-refractivity contribution is 5.95. The van der Waals surface area contributed by atoms with Crippen LogP contribution in [0.5, 0.6) is 0 Å². The molecule has 5 nitrogen and oxygen atoms in total. The van der Waals surface area contributed by atoms with Crippen molar-refractivity contribution >= 4 is 11.9 Å². The number of aryl methyl sites for hydroxylation is 1. The minimum Gasteiger partial charge on any atom is -0.480 e. The molecule has 0 fully saturated rings. The first-order valence-electron chi connectivity index (χ1n) is 4.75. The summed E-state index contributed by atoms with van der Waals surface area (Å²) >= 11 is 0. The highest BCUT2D eigenvalue weighted by atomic mass is 16.4. The first kappa shape index (κ1) is 11.3. The molecule has 1 aromatic heterocycles. The van der Waals surface area contributed by atoms with Crippen molar-refractivity contribution in [1.29, 1.82) is 0 Å². The Hall–Kier alpha value is -1.78. The maximum atomic E-state index is 11.6. The summed E-state index contributed by atoms with van der Waals surface area (Å²) in [5, 5.41) is 11.0. The highest BCUT2D eigenvalue weighted by Gasteiger charge is 2.16. The fraction of sp³-hybridized carbons (Fsp3) is 0.400. The predicted molar refractivity (Wildman–Crippen MR) is 54.7 cm³/mol. The van der Waals surface area contributed by atoms with Gasteiger partial charge < -0.3 is 15.0 Å². The third kappa shape index (κ3) is 2.59. The monoisotopic (exact) mass is 210 g/mol. The van der Waals surface area contributed by atoms with Gasteiger partial charge in [0.25, 0.3) is 5.91 Å². The van der Waals surface area contributed by atoms with Gasteiger partial charge in [-0.05, 0) is 26.0 Å². The van der Waals surface area contributed by atoms with Crippen LogP contribution in [0.3, 0.4) is 0 Å². The summed E-state index contributed by atoms with van der Waals surface area (Å²) in [6, 6.07) is 2.54. The molecule has 0 spiro atoms. The summed E-state index contributed by atoms with van der Waals surface area (Å²) in [6.07, 6.45) is 1.78. The second-order valence-electron chi connectivity index (χ2n) is 3.21. The first-order chi connectivity index (χ1) is 7.06. The van der Waals surface area contributed by atoms with Crippen LogP contribution in [0, 0.1) is 0 Å². The zero-order valence-electron chi connectivity index (χ0n) is 8.73. The molecule has 0 aromatic carbocycles. The van der Waals surface area contributed by atoms with Crippen LogP contribution in [0.1, 0.15) is 24.3 Å². The molecule has 15 heavy (non-hydrogen) atoms. The summed E-state index contributed by atoms with van der Waals surface area (Å²) < 4.78 is 1.75. The van der Waals surface area contributed by atoms with Crippen LogP contribution in [-0.4, -0.2) is 27.6 Å². The Morgan fingerprint density at radius 3 is 2.80 bits per heavy atom. The van der Waals surface area contributed by atoms with Crippen LogP contribution in [0.4, 0.5) is 0 Å². The summed E-state index contributed by atoms with van der Waals surface area (Å²) in [4.78, 5) is 22.1. The molecule has 2 N–H and O–H groups in total. The van der Waals surface area contributed by atoms with Gasteiger partial charge in [0.2, 0.25) is 0 Å². The van der Waals surface area contributed by atoms with E-state index < -0.39 is 12.0 Å². The van der Waals surface area contributed by atoms with Crippen molar-refractivity contribution in [2.24, 2.45) is 0 Å². The minimum atomic E-state index is -1.04.